The molecular weight excluding hydrogens is 374 g/mol. The molecule has 0 aliphatic carbocycles. The predicted molar refractivity (Wildman–Crippen MR) is 61.2 cm³/mol. The predicted octanol–water partition coefficient (Wildman–Crippen LogP) is -3.73. The SMILES string of the molecule is O=P(O)(O)OP(=O)(O)OS(=O)(=O)O.[CaH2].[CaH2].[CaH2]. The van der Waals surface area contributed by atoms with Gasteiger partial charge >= 0.3 is 139 Å². The van der Waals surface area contributed by atoms with Crippen LogP contribution in [0.1, 0.15) is 0 Å². The number of hydrogen-bond donors (Lipinski definition) is 4. The molecule has 0 fully saturated rings. The first kappa shape index (κ1) is 28.2. The van der Waals surface area contributed by atoms with Crippen LogP contribution < -0.4 is 0 Å². The maximum atomic E-state index is 10.3. The van der Waals surface area contributed by atoms with Crippen LogP contribution >= 0.6 is 15.6 Å². The van der Waals surface area contributed by atoms with E-state index in [0.717, 1.165) is 0 Å². The summed E-state index contributed by atoms with van der Waals surface area (Å²) in [6, 6.07) is 0. The Morgan fingerprint density at radius 1 is 0.938 bits per heavy atom. The van der Waals surface area contributed by atoms with Gasteiger partial charge < -0.3 is 14.7 Å². The fraction of sp³-hybridized carbons (Fsp3) is 0. The Bertz CT molecular complexity index is 366. The Hall–Kier alpha value is 3.95. The molecular formula is H10Ca3O10P2S. The molecule has 0 aliphatic rings. The summed E-state index contributed by atoms with van der Waals surface area (Å²) in [6.07, 6.45) is 0. The normalized spacial score (nSPS) is 14.8. The second-order valence-electron chi connectivity index (χ2n) is 1.54. The summed E-state index contributed by atoms with van der Waals surface area (Å²) in [5, 5.41) is 0. The maximum absolute atomic E-state index is 10.3. The van der Waals surface area contributed by atoms with Gasteiger partial charge in [0, 0.05) is 0 Å². The molecule has 0 aromatic carbocycles. The molecule has 0 saturated carbocycles. The van der Waals surface area contributed by atoms with Crippen LogP contribution in [0.2, 0.25) is 0 Å². The molecule has 0 amide bonds. The van der Waals surface area contributed by atoms with Gasteiger partial charge in [-0.3, -0.25) is 4.55 Å². The van der Waals surface area contributed by atoms with Crippen molar-refractivity contribution in [2.75, 3.05) is 0 Å². The van der Waals surface area contributed by atoms with Crippen LogP contribution in [-0.4, -0.2) is 141 Å². The molecule has 0 spiro atoms. The van der Waals surface area contributed by atoms with Gasteiger partial charge in [-0.2, -0.15) is 12.7 Å². The van der Waals surface area contributed by atoms with E-state index in [9.17, 15) is 17.5 Å². The topological polar surface area (TPSA) is 168 Å². The minimum absolute atomic E-state index is 0. The first-order valence-electron chi connectivity index (χ1n) is 2.20. The van der Waals surface area contributed by atoms with E-state index in [1.54, 1.807) is 0 Å². The van der Waals surface area contributed by atoms with Gasteiger partial charge in [-0.15, -0.1) is 3.97 Å². The van der Waals surface area contributed by atoms with E-state index in [-0.39, 0.29) is 113 Å². The van der Waals surface area contributed by atoms with E-state index in [4.69, 9.17) is 19.2 Å². The van der Waals surface area contributed by atoms with Crippen molar-refractivity contribution >= 4 is 139 Å². The molecule has 0 aromatic rings. The fourth-order valence-corrected chi connectivity index (χ4v) is 2.65. The second kappa shape index (κ2) is 10.6. The molecule has 16 heavy (non-hydrogen) atoms. The van der Waals surface area contributed by atoms with Gasteiger partial charge in [0.2, 0.25) is 0 Å². The molecule has 10 nitrogen and oxygen atoms in total. The zero-order valence-electron chi connectivity index (χ0n) is 5.54. The monoisotopic (exact) mass is 384 g/mol. The van der Waals surface area contributed by atoms with E-state index < -0.39 is 26.0 Å². The van der Waals surface area contributed by atoms with Crippen molar-refractivity contribution in [3.05, 3.63) is 0 Å². The van der Waals surface area contributed by atoms with E-state index in [2.05, 4.69) is 8.28 Å². The van der Waals surface area contributed by atoms with Crippen LogP contribution in [0.25, 0.3) is 0 Å². The number of rotatable bonds is 4. The molecule has 92 valence electrons. The molecule has 0 heterocycles. The Kier molecular flexibility index (Phi) is 18.7. The summed E-state index contributed by atoms with van der Waals surface area (Å²) in [5.41, 5.74) is 0. The van der Waals surface area contributed by atoms with Crippen molar-refractivity contribution < 1.29 is 45.1 Å². The Morgan fingerprint density at radius 3 is 1.44 bits per heavy atom. The van der Waals surface area contributed by atoms with Crippen LogP contribution in [0.3, 0.4) is 0 Å². The third kappa shape index (κ3) is 20.3. The van der Waals surface area contributed by atoms with Gasteiger partial charge in [0.15, 0.2) is 0 Å². The first-order chi connectivity index (χ1) is 5.41. The molecule has 0 rings (SSSR count). The van der Waals surface area contributed by atoms with Crippen molar-refractivity contribution in [2.24, 2.45) is 0 Å². The standard InChI is InChI=1S/3Ca.H4O10P2S.6H/c;;;1-11(2,3)9-12(4,5)10-13(6,7)8;;;;;;/h;;;(H,4,5)(H2,1,2,3)(H,6,7,8);;;;;;. The molecule has 1 unspecified atom stereocenters. The zero-order chi connectivity index (χ0) is 10.9. The second-order valence-corrected chi connectivity index (χ2v) is 5.57. The molecule has 0 bridgehead atoms. The Labute approximate surface area is 180 Å². The molecule has 4 N–H and O–H groups in total. The Morgan fingerprint density at radius 2 is 1.25 bits per heavy atom. The summed E-state index contributed by atoms with van der Waals surface area (Å²) in [5.74, 6) is 0. The summed E-state index contributed by atoms with van der Waals surface area (Å²) in [7, 11) is -16.3. The fourth-order valence-electron chi connectivity index (χ4n) is 0.267. The summed E-state index contributed by atoms with van der Waals surface area (Å²) >= 11 is 0. The van der Waals surface area contributed by atoms with Crippen LogP contribution in [0.15, 0.2) is 0 Å². The van der Waals surface area contributed by atoms with Crippen molar-refractivity contribution in [3.63, 3.8) is 0 Å². The van der Waals surface area contributed by atoms with E-state index >= 15 is 0 Å². The van der Waals surface area contributed by atoms with Crippen molar-refractivity contribution in [2.45, 2.75) is 0 Å². The van der Waals surface area contributed by atoms with Gasteiger partial charge in [0.1, 0.15) is 0 Å². The van der Waals surface area contributed by atoms with Crippen molar-refractivity contribution in [1.29, 1.82) is 0 Å². The van der Waals surface area contributed by atoms with Gasteiger partial charge in [-0.25, -0.2) is 9.13 Å². The van der Waals surface area contributed by atoms with Crippen molar-refractivity contribution in [3.8, 4) is 0 Å². The number of phosphoric acid groups is 2. The zero-order valence-corrected chi connectivity index (χ0v) is 8.15. The molecule has 0 saturated heterocycles. The Balaban J connectivity index is -0.000000240. The van der Waals surface area contributed by atoms with Gasteiger partial charge in [0.25, 0.3) is 0 Å². The minimum atomic E-state index is -5.54. The summed E-state index contributed by atoms with van der Waals surface area (Å²) in [4.78, 5) is 24.2. The van der Waals surface area contributed by atoms with E-state index in [1.165, 1.54) is 0 Å². The number of hydrogen-bond acceptors (Lipinski definition) is 6. The first-order valence-corrected chi connectivity index (χ1v) is 6.59. The molecule has 1 atom stereocenters. The van der Waals surface area contributed by atoms with E-state index in [0.29, 0.717) is 0 Å². The molecule has 0 aromatic heterocycles. The van der Waals surface area contributed by atoms with Crippen molar-refractivity contribution in [1.82, 2.24) is 0 Å². The average Bonchev–Trinajstić information content (AvgIpc) is 1.43. The van der Waals surface area contributed by atoms with Gasteiger partial charge in [-0.1, -0.05) is 0 Å². The third-order valence-corrected chi connectivity index (χ3v) is 3.58. The van der Waals surface area contributed by atoms with E-state index in [1.807, 2.05) is 0 Å². The van der Waals surface area contributed by atoms with Crippen LogP contribution in [-0.2, 0) is 27.8 Å². The summed E-state index contributed by atoms with van der Waals surface area (Å²) < 4.78 is 53.6. The third-order valence-electron chi connectivity index (χ3n) is 0.398. The van der Waals surface area contributed by atoms with Gasteiger partial charge in [0.05, 0.1) is 0 Å². The van der Waals surface area contributed by atoms with Crippen LogP contribution in [0.4, 0.5) is 0 Å². The van der Waals surface area contributed by atoms with Crippen LogP contribution in [0, 0.1) is 0 Å². The quantitative estimate of drug-likeness (QED) is 0.215. The molecule has 0 radical (unpaired) electrons. The summed E-state index contributed by atoms with van der Waals surface area (Å²) in [6.45, 7) is 0. The van der Waals surface area contributed by atoms with Crippen LogP contribution in [0.5, 0.6) is 0 Å². The average molecular weight is 384 g/mol. The van der Waals surface area contributed by atoms with Gasteiger partial charge in [-0.05, 0) is 0 Å². The molecule has 16 heteroatoms. The molecule has 0 aliphatic heterocycles.